The van der Waals surface area contributed by atoms with Crippen molar-refractivity contribution in [2.75, 3.05) is 11.5 Å². The van der Waals surface area contributed by atoms with Gasteiger partial charge < -0.3 is 34.4 Å². The van der Waals surface area contributed by atoms with Crippen LogP contribution in [0.25, 0.3) is 34.0 Å². The summed E-state index contributed by atoms with van der Waals surface area (Å²) in [5.74, 6) is -0.759. The molecule has 0 unspecified atom stereocenters. The molecule has 1 aromatic heterocycles. The molecular weight excluding hydrogens is 1140 g/mol. The van der Waals surface area contributed by atoms with Gasteiger partial charge in [-0.2, -0.15) is 0 Å². The number of nitrogens with zero attached hydrogens (tertiary/aromatic N) is 2. The monoisotopic (exact) mass is 1180 g/mol. The minimum atomic E-state index is -0.380. The van der Waals surface area contributed by atoms with E-state index in [4.69, 9.17) is 34.4 Å². The number of nitrogen functional groups attached to an aromatic ring is 2. The first-order valence-corrected chi connectivity index (χ1v) is 10.4. The SMILES string of the molecule is CC(=O)C(C)=O.Cc1c(C)c([NH-])c(N)c(N)c1[NH-].Cc1nc2c([NH-])c(C)c(C)c([NH-])c2nc1C.[Y].[Y].[Y].[Y].[Y].[Y].[Y].[Y]. The van der Waals surface area contributed by atoms with Crippen LogP contribution in [0.5, 0.6) is 0 Å². The van der Waals surface area contributed by atoms with E-state index in [0.717, 1.165) is 33.6 Å². The standard InChI is InChI=1S/C12H14N4.C8H12N4.C4H6O2.8Y/c1-5-6(2)10(14)12-11(9(5)13)15-7(3)8(4)16-12;1-3-4(2)6(10)8(12)7(11)5(3)9;1-3(5)4(2)6;;;;;;;;/h13-14H,1-4H3;9-10H,11-12H2,1-2H3;1-2H3;;;;;;;;/q2*-2;;;;;;;;;. The van der Waals surface area contributed by atoms with Crippen molar-refractivity contribution in [1.82, 2.24) is 9.97 Å². The minimum Gasteiger partial charge on any atom is -0.697 e. The zero-order chi connectivity index (χ0) is 26.7. The smallest absolute Gasteiger partial charge is 0.195 e. The van der Waals surface area contributed by atoms with Crippen LogP contribution in [0.4, 0.5) is 34.1 Å². The molecule has 10 nitrogen and oxygen atoms in total. The molecule has 8 N–H and O–H groups in total. The van der Waals surface area contributed by atoms with Crippen molar-refractivity contribution >= 4 is 56.7 Å². The maximum absolute atomic E-state index is 9.79. The van der Waals surface area contributed by atoms with Crippen LogP contribution in [0.15, 0.2) is 0 Å². The Morgan fingerprint density at radius 2 is 0.667 bits per heavy atom. The first-order chi connectivity index (χ1) is 15.5. The number of carbonyl (C=O) groups is 2. The summed E-state index contributed by atoms with van der Waals surface area (Å²) >= 11 is 0. The third kappa shape index (κ3) is 18.1. The third-order valence-corrected chi connectivity index (χ3v) is 5.73. The Morgan fingerprint density at radius 3 is 0.857 bits per heavy atom. The molecule has 42 heavy (non-hydrogen) atoms. The van der Waals surface area contributed by atoms with E-state index < -0.39 is 0 Å². The Bertz CT molecular complexity index is 1140. The number of Topliss-reactive ketones (excluding diaryl/α,β-unsaturated/α-hetero) is 2. The number of fused-ring (bicyclic) bond motifs is 1. The molecule has 0 saturated heterocycles. The van der Waals surface area contributed by atoms with E-state index in [1.165, 1.54) is 13.8 Å². The van der Waals surface area contributed by atoms with Gasteiger partial charge in [0, 0.05) is 287 Å². The average molecular weight is 1180 g/mol. The summed E-state index contributed by atoms with van der Waals surface area (Å²) in [5, 5.41) is 0. The van der Waals surface area contributed by atoms with Crippen LogP contribution in [-0.2, 0) is 271 Å². The Hall–Kier alpha value is 4.75. The summed E-state index contributed by atoms with van der Waals surface area (Å²) in [6.07, 6.45) is 0. The summed E-state index contributed by atoms with van der Waals surface area (Å²) in [5.41, 5.74) is 49.6. The van der Waals surface area contributed by atoms with Gasteiger partial charge in [-0.05, 0) is 41.5 Å². The molecule has 0 fully saturated rings. The topological polar surface area (TPSA) is 207 Å². The molecule has 0 aliphatic heterocycles. The number of rotatable bonds is 1. The second-order valence-corrected chi connectivity index (χ2v) is 8.03. The molecule has 3 rings (SSSR count). The molecular formula is C24H32N8O2Y8-4. The predicted molar refractivity (Wildman–Crippen MR) is 141 cm³/mol. The van der Waals surface area contributed by atoms with Crippen LogP contribution in [0.3, 0.4) is 0 Å². The summed E-state index contributed by atoms with van der Waals surface area (Å²) in [6.45, 7) is 13.5. The molecule has 0 amide bonds. The molecule has 0 aliphatic carbocycles. The Kier molecular flexibility index (Phi) is 47.4. The molecule has 0 bridgehead atoms. The molecule has 0 spiro atoms. The van der Waals surface area contributed by atoms with Gasteiger partial charge in [0.1, 0.15) is 0 Å². The Morgan fingerprint density at radius 1 is 0.476 bits per heavy atom. The number of nitrogens with two attached hydrogens (primary N) is 2. The molecule has 2 aromatic carbocycles. The van der Waals surface area contributed by atoms with Gasteiger partial charge in [0.2, 0.25) is 0 Å². The number of aromatic nitrogens is 2. The van der Waals surface area contributed by atoms with E-state index in [1.807, 2.05) is 27.7 Å². The van der Waals surface area contributed by atoms with Crippen LogP contribution in [0.1, 0.15) is 47.5 Å². The van der Waals surface area contributed by atoms with E-state index in [0.29, 0.717) is 22.4 Å². The number of hydrogen-bond donors (Lipinski definition) is 2. The summed E-state index contributed by atoms with van der Waals surface area (Å²) in [7, 11) is 0. The van der Waals surface area contributed by atoms with Crippen molar-refractivity contribution in [1.29, 1.82) is 0 Å². The summed E-state index contributed by atoms with van der Waals surface area (Å²) in [6, 6.07) is 0. The van der Waals surface area contributed by atoms with Crippen LogP contribution in [0.2, 0.25) is 0 Å². The summed E-state index contributed by atoms with van der Waals surface area (Å²) < 4.78 is 0. The van der Waals surface area contributed by atoms with Gasteiger partial charge in [-0.25, -0.2) is 0 Å². The van der Waals surface area contributed by atoms with Gasteiger partial charge >= 0.3 is 0 Å². The normalized spacial score (nSPS) is 8.19. The quantitative estimate of drug-likeness (QED) is 0.190. The van der Waals surface area contributed by atoms with Gasteiger partial charge in [-0.15, -0.1) is 22.7 Å². The molecule has 8 radical (unpaired) electrons. The first-order valence-electron chi connectivity index (χ1n) is 10.4. The van der Waals surface area contributed by atoms with Gasteiger partial charge in [0.15, 0.2) is 11.6 Å². The van der Waals surface area contributed by atoms with Crippen molar-refractivity contribution < 1.29 is 271 Å². The molecule has 1 heterocycles. The predicted octanol–water partition coefficient (Wildman–Crippen LogP) is 7.21. The molecule has 3 aromatic rings. The number of ketones is 2. The van der Waals surface area contributed by atoms with Crippen molar-refractivity contribution in [3.63, 3.8) is 0 Å². The van der Waals surface area contributed by atoms with Gasteiger partial charge in [-0.1, -0.05) is 22.3 Å². The molecule has 208 valence electrons. The maximum atomic E-state index is 9.79. The van der Waals surface area contributed by atoms with Crippen LogP contribution in [-0.4, -0.2) is 21.5 Å². The van der Waals surface area contributed by atoms with E-state index in [2.05, 4.69) is 9.97 Å². The number of carbonyl (C=O) groups excluding carboxylic acids is 2. The fourth-order valence-corrected chi connectivity index (χ4v) is 2.73. The number of anilines is 2. The number of hydrogen-bond acceptors (Lipinski definition) is 6. The third-order valence-electron chi connectivity index (χ3n) is 5.73. The molecule has 0 saturated carbocycles. The Labute approximate surface area is 451 Å². The van der Waals surface area contributed by atoms with E-state index in [1.54, 1.807) is 13.8 Å². The van der Waals surface area contributed by atoms with E-state index in [-0.39, 0.29) is 296 Å². The van der Waals surface area contributed by atoms with E-state index in [9.17, 15) is 9.59 Å². The zero-order valence-electron chi connectivity index (χ0n) is 25.5. The van der Waals surface area contributed by atoms with Gasteiger partial charge in [0.05, 0.1) is 22.4 Å². The van der Waals surface area contributed by atoms with Crippen LogP contribution < -0.4 is 11.5 Å². The molecule has 18 heteroatoms. The van der Waals surface area contributed by atoms with Gasteiger partial charge in [-0.3, -0.25) is 19.6 Å². The maximum Gasteiger partial charge on any atom is 0.195 e. The van der Waals surface area contributed by atoms with Gasteiger partial charge in [0.25, 0.3) is 0 Å². The second-order valence-electron chi connectivity index (χ2n) is 8.03. The fourth-order valence-electron chi connectivity index (χ4n) is 2.73. The Balaban J connectivity index is -0.0000000676. The minimum absolute atomic E-state index is 0. The number of aryl methyl sites for hydroxylation is 2. The average Bonchev–Trinajstić information content (AvgIpc) is 2.79. The van der Waals surface area contributed by atoms with E-state index >= 15 is 0 Å². The second kappa shape index (κ2) is 30.6. The fraction of sp³-hybridized carbons (Fsp3) is 0.333. The van der Waals surface area contributed by atoms with Crippen LogP contribution in [0, 0.1) is 41.5 Å². The molecule has 0 atom stereocenters. The van der Waals surface area contributed by atoms with Crippen molar-refractivity contribution in [2.24, 2.45) is 0 Å². The zero-order valence-corrected chi connectivity index (χ0v) is 48.2. The van der Waals surface area contributed by atoms with Crippen LogP contribution >= 0.6 is 0 Å². The van der Waals surface area contributed by atoms with Crippen molar-refractivity contribution in [3.8, 4) is 0 Å². The van der Waals surface area contributed by atoms with Crippen molar-refractivity contribution in [3.05, 3.63) is 56.6 Å². The summed E-state index contributed by atoms with van der Waals surface area (Å²) in [4.78, 5) is 28.3. The number of benzene rings is 2. The molecule has 0 aliphatic rings. The first kappa shape index (κ1) is 65.2. The van der Waals surface area contributed by atoms with Crippen molar-refractivity contribution in [2.45, 2.75) is 55.4 Å². The largest absolute Gasteiger partial charge is 0.697 e. The number of nitrogens with one attached hydrogen (secondary N) is 4.